The Hall–Kier alpha value is -1.30. The van der Waals surface area contributed by atoms with Gasteiger partial charge in [0.05, 0.1) is 19.3 Å². The molecule has 1 aromatic carbocycles. The SMILES string of the molecule is CNC(c1ccc2c(c1)OCCO2)C1COCCN1. The topological polar surface area (TPSA) is 51.8 Å². The molecule has 2 unspecified atom stereocenters. The van der Waals surface area contributed by atoms with Crippen LogP contribution in [0.3, 0.4) is 0 Å². The predicted molar refractivity (Wildman–Crippen MR) is 71.8 cm³/mol. The van der Waals surface area contributed by atoms with Crippen LogP contribution >= 0.6 is 0 Å². The van der Waals surface area contributed by atoms with Crippen molar-refractivity contribution in [2.24, 2.45) is 0 Å². The van der Waals surface area contributed by atoms with Crippen LogP contribution in [0.5, 0.6) is 11.5 Å². The van der Waals surface area contributed by atoms with Crippen LogP contribution in [0.1, 0.15) is 11.6 Å². The highest BCUT2D eigenvalue weighted by Crippen LogP contribution is 2.33. The van der Waals surface area contributed by atoms with Crippen molar-refractivity contribution in [3.05, 3.63) is 23.8 Å². The number of morpholine rings is 1. The van der Waals surface area contributed by atoms with Gasteiger partial charge in [-0.05, 0) is 24.7 Å². The summed E-state index contributed by atoms with van der Waals surface area (Å²) in [5.41, 5.74) is 1.19. The van der Waals surface area contributed by atoms with Crippen molar-refractivity contribution in [1.82, 2.24) is 10.6 Å². The lowest BCUT2D eigenvalue weighted by atomic mass is 9.98. The van der Waals surface area contributed by atoms with Gasteiger partial charge in [-0.2, -0.15) is 0 Å². The molecule has 2 aliphatic rings. The summed E-state index contributed by atoms with van der Waals surface area (Å²) >= 11 is 0. The molecule has 0 aliphatic carbocycles. The summed E-state index contributed by atoms with van der Waals surface area (Å²) in [7, 11) is 1.97. The van der Waals surface area contributed by atoms with E-state index in [-0.39, 0.29) is 12.1 Å². The van der Waals surface area contributed by atoms with Crippen LogP contribution in [0.2, 0.25) is 0 Å². The number of fused-ring (bicyclic) bond motifs is 1. The molecule has 19 heavy (non-hydrogen) atoms. The van der Waals surface area contributed by atoms with Crippen LogP contribution in [-0.4, -0.2) is 46.1 Å². The molecule has 0 radical (unpaired) electrons. The second-order valence-corrected chi connectivity index (χ2v) is 4.80. The van der Waals surface area contributed by atoms with E-state index >= 15 is 0 Å². The molecule has 1 fully saturated rings. The minimum absolute atomic E-state index is 0.205. The Morgan fingerprint density at radius 2 is 2.05 bits per heavy atom. The largest absolute Gasteiger partial charge is 0.486 e. The fourth-order valence-corrected chi connectivity index (χ4v) is 2.65. The van der Waals surface area contributed by atoms with E-state index in [9.17, 15) is 0 Å². The third kappa shape index (κ3) is 2.68. The molecule has 0 saturated carbocycles. The van der Waals surface area contributed by atoms with Crippen LogP contribution in [0, 0.1) is 0 Å². The van der Waals surface area contributed by atoms with Gasteiger partial charge in [-0.25, -0.2) is 0 Å². The van der Waals surface area contributed by atoms with E-state index < -0.39 is 0 Å². The summed E-state index contributed by atoms with van der Waals surface area (Å²) in [5, 5.41) is 6.85. The second-order valence-electron chi connectivity index (χ2n) is 4.80. The first-order valence-corrected chi connectivity index (χ1v) is 6.76. The lowest BCUT2D eigenvalue weighted by Gasteiger charge is -2.32. The first-order valence-electron chi connectivity index (χ1n) is 6.76. The molecule has 2 N–H and O–H groups in total. The van der Waals surface area contributed by atoms with Crippen molar-refractivity contribution in [3.8, 4) is 11.5 Å². The van der Waals surface area contributed by atoms with Gasteiger partial charge in [0, 0.05) is 12.6 Å². The first kappa shape index (κ1) is 12.7. The molecule has 0 amide bonds. The minimum Gasteiger partial charge on any atom is -0.486 e. The van der Waals surface area contributed by atoms with Gasteiger partial charge in [0.15, 0.2) is 11.5 Å². The third-order valence-electron chi connectivity index (χ3n) is 3.59. The second kappa shape index (κ2) is 5.77. The van der Waals surface area contributed by atoms with Crippen molar-refractivity contribution in [3.63, 3.8) is 0 Å². The standard InChI is InChI=1S/C14H20N2O3/c1-15-14(11-9-17-5-4-16-11)10-2-3-12-13(8-10)19-7-6-18-12/h2-3,8,11,14-16H,4-7,9H2,1H3. The molecule has 2 aliphatic heterocycles. The zero-order valence-corrected chi connectivity index (χ0v) is 11.1. The van der Waals surface area contributed by atoms with Crippen molar-refractivity contribution in [2.45, 2.75) is 12.1 Å². The monoisotopic (exact) mass is 264 g/mol. The van der Waals surface area contributed by atoms with Crippen molar-refractivity contribution in [1.29, 1.82) is 0 Å². The summed E-state index contributed by atoms with van der Waals surface area (Å²) in [6.07, 6.45) is 0. The number of hydrogen-bond donors (Lipinski definition) is 2. The van der Waals surface area contributed by atoms with Crippen LogP contribution in [0.25, 0.3) is 0 Å². The highest BCUT2D eigenvalue weighted by molar-refractivity contribution is 5.45. The van der Waals surface area contributed by atoms with Gasteiger partial charge >= 0.3 is 0 Å². The summed E-state index contributed by atoms with van der Waals surface area (Å²) in [5.74, 6) is 1.67. The Morgan fingerprint density at radius 3 is 2.79 bits per heavy atom. The zero-order chi connectivity index (χ0) is 13.1. The van der Waals surface area contributed by atoms with E-state index in [4.69, 9.17) is 14.2 Å². The molecular weight excluding hydrogens is 244 g/mol. The van der Waals surface area contributed by atoms with E-state index in [0.717, 1.165) is 31.3 Å². The maximum atomic E-state index is 5.64. The van der Waals surface area contributed by atoms with E-state index in [0.29, 0.717) is 13.2 Å². The molecule has 1 aromatic rings. The van der Waals surface area contributed by atoms with E-state index in [1.54, 1.807) is 0 Å². The Kier molecular flexibility index (Phi) is 3.87. The van der Waals surface area contributed by atoms with Crippen LogP contribution in [0.4, 0.5) is 0 Å². The van der Waals surface area contributed by atoms with Gasteiger partial charge in [0.2, 0.25) is 0 Å². The minimum atomic E-state index is 0.205. The number of likely N-dealkylation sites (N-methyl/N-ethyl adjacent to an activating group) is 1. The van der Waals surface area contributed by atoms with E-state index in [1.807, 2.05) is 13.1 Å². The normalized spacial score (nSPS) is 23.9. The average Bonchev–Trinajstić information content (AvgIpc) is 2.49. The molecule has 5 nitrogen and oxygen atoms in total. The molecule has 0 bridgehead atoms. The van der Waals surface area contributed by atoms with Crippen molar-refractivity contribution in [2.75, 3.05) is 40.0 Å². The molecule has 3 rings (SSSR count). The highest BCUT2D eigenvalue weighted by Gasteiger charge is 2.25. The number of nitrogens with one attached hydrogen (secondary N) is 2. The predicted octanol–water partition coefficient (Wildman–Crippen LogP) is 0.707. The van der Waals surface area contributed by atoms with Gasteiger partial charge in [0.1, 0.15) is 13.2 Å². The smallest absolute Gasteiger partial charge is 0.161 e. The molecular formula is C14H20N2O3. The Morgan fingerprint density at radius 1 is 1.21 bits per heavy atom. The van der Waals surface area contributed by atoms with E-state index in [2.05, 4.69) is 22.8 Å². The number of ether oxygens (including phenoxy) is 3. The maximum absolute atomic E-state index is 5.64. The first-order chi connectivity index (χ1) is 9.38. The Bertz CT molecular complexity index is 433. The van der Waals surface area contributed by atoms with Crippen LogP contribution < -0.4 is 20.1 Å². The fourth-order valence-electron chi connectivity index (χ4n) is 2.65. The quantitative estimate of drug-likeness (QED) is 0.842. The molecule has 1 saturated heterocycles. The molecule has 2 heterocycles. The number of rotatable bonds is 3. The average molecular weight is 264 g/mol. The fraction of sp³-hybridized carbons (Fsp3) is 0.571. The van der Waals surface area contributed by atoms with Gasteiger partial charge in [-0.3, -0.25) is 0 Å². The molecule has 104 valence electrons. The summed E-state index contributed by atoms with van der Waals surface area (Å²) < 4.78 is 16.7. The van der Waals surface area contributed by atoms with Gasteiger partial charge in [0.25, 0.3) is 0 Å². The van der Waals surface area contributed by atoms with Gasteiger partial charge in [-0.15, -0.1) is 0 Å². The van der Waals surface area contributed by atoms with Crippen LogP contribution in [-0.2, 0) is 4.74 Å². The molecule has 0 aromatic heterocycles. The Labute approximate surface area is 113 Å². The van der Waals surface area contributed by atoms with Crippen molar-refractivity contribution < 1.29 is 14.2 Å². The molecule has 0 spiro atoms. The summed E-state index contributed by atoms with van der Waals surface area (Å²) in [6, 6.07) is 6.62. The third-order valence-corrected chi connectivity index (χ3v) is 3.59. The van der Waals surface area contributed by atoms with Gasteiger partial charge < -0.3 is 24.8 Å². The van der Waals surface area contributed by atoms with Crippen LogP contribution in [0.15, 0.2) is 18.2 Å². The van der Waals surface area contributed by atoms with E-state index in [1.165, 1.54) is 5.56 Å². The molecule has 5 heteroatoms. The summed E-state index contributed by atoms with van der Waals surface area (Å²) in [4.78, 5) is 0. The van der Waals surface area contributed by atoms with Crippen molar-refractivity contribution >= 4 is 0 Å². The maximum Gasteiger partial charge on any atom is 0.161 e. The lowest BCUT2D eigenvalue weighted by Crippen LogP contribution is -2.48. The lowest BCUT2D eigenvalue weighted by molar-refractivity contribution is 0.0644. The number of hydrogen-bond acceptors (Lipinski definition) is 5. The Balaban J connectivity index is 1.82. The zero-order valence-electron chi connectivity index (χ0n) is 11.1. The highest BCUT2D eigenvalue weighted by atomic mass is 16.6. The molecule has 2 atom stereocenters. The van der Waals surface area contributed by atoms with Gasteiger partial charge in [-0.1, -0.05) is 6.07 Å². The number of benzene rings is 1. The summed E-state index contributed by atoms with van der Waals surface area (Å²) in [6.45, 7) is 3.65.